The van der Waals surface area contributed by atoms with E-state index in [0.29, 0.717) is 5.92 Å². The Kier molecular flexibility index (Phi) is 3.64. The molecule has 64 valence electrons. The van der Waals surface area contributed by atoms with Gasteiger partial charge in [0.1, 0.15) is 0 Å². The van der Waals surface area contributed by atoms with Crippen molar-refractivity contribution < 1.29 is 5.11 Å². The quantitative estimate of drug-likeness (QED) is 0.619. The summed E-state index contributed by atoms with van der Waals surface area (Å²) in [6, 6.07) is 0. The van der Waals surface area contributed by atoms with Gasteiger partial charge in [-0.3, -0.25) is 0 Å². The van der Waals surface area contributed by atoms with E-state index in [1.165, 1.54) is 12.8 Å². The molecule has 0 aromatic heterocycles. The van der Waals surface area contributed by atoms with Crippen molar-refractivity contribution in [2.24, 2.45) is 5.92 Å². The molecule has 0 aromatic carbocycles. The Balaban J connectivity index is 2.29. The fourth-order valence-corrected chi connectivity index (χ4v) is 1.61. The summed E-state index contributed by atoms with van der Waals surface area (Å²) in [5.74, 6) is 0.448. The first-order chi connectivity index (χ1) is 5.34. The molecule has 11 heavy (non-hydrogen) atoms. The van der Waals surface area contributed by atoms with Gasteiger partial charge in [0.05, 0.1) is 6.10 Å². The number of unbranched alkanes of at least 4 members (excludes halogenated alkanes) is 1. The minimum atomic E-state index is -0.0634. The fraction of sp³-hybridized carbons (Fsp3) is 0.800. The monoisotopic (exact) mass is 154 g/mol. The van der Waals surface area contributed by atoms with Crippen LogP contribution >= 0.6 is 0 Å². The van der Waals surface area contributed by atoms with Crippen LogP contribution in [0.1, 0.15) is 39.0 Å². The zero-order valence-corrected chi connectivity index (χ0v) is 7.29. The maximum absolute atomic E-state index is 9.54. The normalized spacial score (nSPS) is 30.7. The number of hydrogen-bond acceptors (Lipinski definition) is 1. The average Bonchev–Trinajstić information content (AvgIpc) is 2.03. The van der Waals surface area contributed by atoms with Gasteiger partial charge in [0, 0.05) is 5.92 Å². The van der Waals surface area contributed by atoms with E-state index in [1.807, 2.05) is 0 Å². The summed E-state index contributed by atoms with van der Waals surface area (Å²) < 4.78 is 0. The molecule has 0 saturated heterocycles. The number of aliphatic hydroxyl groups is 1. The zero-order chi connectivity index (χ0) is 8.10. The molecule has 0 unspecified atom stereocenters. The molecule has 0 amide bonds. The Hall–Kier alpha value is -0.300. The second-order valence-electron chi connectivity index (χ2n) is 3.38. The zero-order valence-electron chi connectivity index (χ0n) is 7.29. The number of hydrogen-bond donors (Lipinski definition) is 1. The molecule has 0 spiro atoms. The molecule has 0 bridgehead atoms. The highest BCUT2D eigenvalue weighted by Crippen LogP contribution is 2.22. The standard InChI is InChI=1S/C10H18O/c1-2-3-6-9-7-4-5-8-10(9)11/h4,7,9-11H,2-3,5-6,8H2,1H3/t9-,10-/m0/s1. The van der Waals surface area contributed by atoms with E-state index in [2.05, 4.69) is 19.1 Å². The van der Waals surface area contributed by atoms with Crippen molar-refractivity contribution in [2.75, 3.05) is 0 Å². The molecular weight excluding hydrogens is 136 g/mol. The van der Waals surface area contributed by atoms with Crippen molar-refractivity contribution in [1.82, 2.24) is 0 Å². The van der Waals surface area contributed by atoms with E-state index in [9.17, 15) is 5.11 Å². The topological polar surface area (TPSA) is 20.2 Å². The van der Waals surface area contributed by atoms with Crippen LogP contribution in [0.4, 0.5) is 0 Å². The lowest BCUT2D eigenvalue weighted by molar-refractivity contribution is 0.111. The van der Waals surface area contributed by atoms with Crippen LogP contribution in [0.25, 0.3) is 0 Å². The number of allylic oxidation sites excluding steroid dienone is 1. The van der Waals surface area contributed by atoms with E-state index >= 15 is 0 Å². The average molecular weight is 154 g/mol. The van der Waals surface area contributed by atoms with Gasteiger partial charge in [-0.05, 0) is 19.3 Å². The van der Waals surface area contributed by atoms with Crippen molar-refractivity contribution in [3.63, 3.8) is 0 Å². The minimum Gasteiger partial charge on any atom is -0.393 e. The third-order valence-electron chi connectivity index (χ3n) is 2.40. The predicted molar refractivity (Wildman–Crippen MR) is 47.4 cm³/mol. The molecule has 0 heterocycles. The molecule has 0 fully saturated rings. The summed E-state index contributed by atoms with van der Waals surface area (Å²) in [5, 5.41) is 9.54. The van der Waals surface area contributed by atoms with Gasteiger partial charge in [-0.1, -0.05) is 31.9 Å². The van der Waals surface area contributed by atoms with Gasteiger partial charge in [0.2, 0.25) is 0 Å². The van der Waals surface area contributed by atoms with Gasteiger partial charge >= 0.3 is 0 Å². The van der Waals surface area contributed by atoms with Crippen molar-refractivity contribution in [3.8, 4) is 0 Å². The maximum atomic E-state index is 9.54. The van der Waals surface area contributed by atoms with Crippen LogP contribution < -0.4 is 0 Å². The summed E-state index contributed by atoms with van der Waals surface area (Å²) in [6.07, 6.45) is 9.98. The fourth-order valence-electron chi connectivity index (χ4n) is 1.61. The lowest BCUT2D eigenvalue weighted by atomic mass is 9.89. The molecule has 1 aliphatic rings. The lowest BCUT2D eigenvalue weighted by Gasteiger charge is -2.22. The Bertz CT molecular complexity index is 129. The van der Waals surface area contributed by atoms with Gasteiger partial charge in [-0.2, -0.15) is 0 Å². The maximum Gasteiger partial charge on any atom is 0.0605 e. The third-order valence-corrected chi connectivity index (χ3v) is 2.40. The Morgan fingerprint density at radius 3 is 3.00 bits per heavy atom. The number of rotatable bonds is 3. The van der Waals surface area contributed by atoms with Crippen molar-refractivity contribution in [2.45, 2.75) is 45.1 Å². The van der Waals surface area contributed by atoms with E-state index < -0.39 is 0 Å². The largest absolute Gasteiger partial charge is 0.393 e. The molecular formula is C10H18O. The van der Waals surface area contributed by atoms with Crippen LogP contribution in [-0.4, -0.2) is 11.2 Å². The highest BCUT2D eigenvalue weighted by molar-refractivity contribution is 4.96. The summed E-state index contributed by atoms with van der Waals surface area (Å²) in [7, 11) is 0. The summed E-state index contributed by atoms with van der Waals surface area (Å²) in [5.41, 5.74) is 0. The van der Waals surface area contributed by atoms with Crippen LogP contribution in [0.3, 0.4) is 0 Å². The van der Waals surface area contributed by atoms with Crippen LogP contribution in [0.15, 0.2) is 12.2 Å². The second kappa shape index (κ2) is 4.55. The minimum absolute atomic E-state index is 0.0634. The molecule has 0 aliphatic heterocycles. The second-order valence-corrected chi connectivity index (χ2v) is 3.38. The Morgan fingerprint density at radius 2 is 2.36 bits per heavy atom. The Labute approximate surface area is 69.1 Å². The van der Waals surface area contributed by atoms with Gasteiger partial charge in [0.15, 0.2) is 0 Å². The predicted octanol–water partition coefficient (Wildman–Crippen LogP) is 2.50. The highest BCUT2D eigenvalue weighted by Gasteiger charge is 2.17. The molecule has 1 aliphatic carbocycles. The van der Waals surface area contributed by atoms with Gasteiger partial charge in [-0.25, -0.2) is 0 Å². The van der Waals surface area contributed by atoms with Crippen LogP contribution in [0, 0.1) is 5.92 Å². The molecule has 0 saturated carbocycles. The van der Waals surface area contributed by atoms with Crippen LogP contribution in [0.5, 0.6) is 0 Å². The van der Waals surface area contributed by atoms with Gasteiger partial charge in [-0.15, -0.1) is 0 Å². The molecule has 1 nitrogen and oxygen atoms in total. The SMILES string of the molecule is CCCC[C@H]1C=CCC[C@@H]1O. The molecule has 0 aromatic rings. The van der Waals surface area contributed by atoms with Crippen molar-refractivity contribution in [3.05, 3.63) is 12.2 Å². The first-order valence-electron chi connectivity index (χ1n) is 4.69. The first kappa shape index (κ1) is 8.79. The van der Waals surface area contributed by atoms with E-state index in [1.54, 1.807) is 0 Å². The number of aliphatic hydroxyl groups excluding tert-OH is 1. The molecule has 1 N–H and O–H groups in total. The van der Waals surface area contributed by atoms with E-state index in [-0.39, 0.29) is 6.10 Å². The third kappa shape index (κ3) is 2.66. The molecule has 1 heteroatoms. The highest BCUT2D eigenvalue weighted by atomic mass is 16.3. The summed E-state index contributed by atoms with van der Waals surface area (Å²) in [4.78, 5) is 0. The summed E-state index contributed by atoms with van der Waals surface area (Å²) in [6.45, 7) is 2.19. The Morgan fingerprint density at radius 1 is 1.55 bits per heavy atom. The van der Waals surface area contributed by atoms with Crippen LogP contribution in [0.2, 0.25) is 0 Å². The summed E-state index contributed by atoms with van der Waals surface area (Å²) >= 11 is 0. The molecule has 0 radical (unpaired) electrons. The van der Waals surface area contributed by atoms with Crippen molar-refractivity contribution in [1.29, 1.82) is 0 Å². The van der Waals surface area contributed by atoms with Crippen molar-refractivity contribution >= 4 is 0 Å². The van der Waals surface area contributed by atoms with Crippen LogP contribution in [-0.2, 0) is 0 Å². The molecule has 2 atom stereocenters. The smallest absolute Gasteiger partial charge is 0.0605 e. The van der Waals surface area contributed by atoms with E-state index in [4.69, 9.17) is 0 Å². The van der Waals surface area contributed by atoms with Gasteiger partial charge in [0.25, 0.3) is 0 Å². The van der Waals surface area contributed by atoms with E-state index in [0.717, 1.165) is 19.3 Å². The first-order valence-corrected chi connectivity index (χ1v) is 4.69. The van der Waals surface area contributed by atoms with Gasteiger partial charge < -0.3 is 5.11 Å². The lowest BCUT2D eigenvalue weighted by Crippen LogP contribution is -2.20. The molecule has 1 rings (SSSR count).